The van der Waals surface area contributed by atoms with Crippen LogP contribution in [0.15, 0.2) is 6.33 Å². The van der Waals surface area contributed by atoms with Crippen LogP contribution in [0.25, 0.3) is 15.9 Å². The molecule has 1 amide bonds. The summed E-state index contributed by atoms with van der Waals surface area (Å²) in [5.74, 6) is 0.126. The summed E-state index contributed by atoms with van der Waals surface area (Å²) in [7, 11) is 0. The molecule has 4 heterocycles. The van der Waals surface area contributed by atoms with E-state index in [-0.39, 0.29) is 11.7 Å². The number of carbonyl (C=O) groups is 1. The van der Waals surface area contributed by atoms with Crippen LogP contribution in [0.3, 0.4) is 0 Å². The number of ether oxygens (including phenoxy) is 1. The molecule has 7 nitrogen and oxygen atoms in total. The predicted molar refractivity (Wildman–Crippen MR) is 89.5 cm³/mol. The van der Waals surface area contributed by atoms with E-state index in [0.717, 1.165) is 28.7 Å². The van der Waals surface area contributed by atoms with Gasteiger partial charge in [0.2, 0.25) is 5.82 Å². The van der Waals surface area contributed by atoms with E-state index in [2.05, 4.69) is 15.1 Å². The van der Waals surface area contributed by atoms with Gasteiger partial charge in [-0.15, -0.1) is 16.4 Å². The molecular formula is C16H17N5O2S. The van der Waals surface area contributed by atoms with Crippen LogP contribution in [0, 0.1) is 0 Å². The zero-order valence-corrected chi connectivity index (χ0v) is 14.0. The van der Waals surface area contributed by atoms with Gasteiger partial charge in [-0.05, 0) is 31.2 Å². The Morgan fingerprint density at radius 2 is 2.04 bits per heavy atom. The third kappa shape index (κ3) is 2.13. The van der Waals surface area contributed by atoms with Gasteiger partial charge >= 0.3 is 0 Å². The zero-order valence-electron chi connectivity index (χ0n) is 13.2. The Bertz CT molecular complexity index is 941. The average molecular weight is 343 g/mol. The van der Waals surface area contributed by atoms with Crippen molar-refractivity contribution in [3.8, 4) is 0 Å². The number of fused-ring (bicyclic) bond motifs is 5. The topological polar surface area (TPSA) is 72.6 Å². The molecule has 8 heteroatoms. The van der Waals surface area contributed by atoms with Crippen LogP contribution in [-0.4, -0.2) is 56.7 Å². The fraction of sp³-hybridized carbons (Fsp3) is 0.500. The number of hydrogen-bond donors (Lipinski definition) is 0. The molecule has 0 bridgehead atoms. The van der Waals surface area contributed by atoms with Gasteiger partial charge in [0, 0.05) is 18.0 Å². The lowest BCUT2D eigenvalue weighted by molar-refractivity contribution is 0.0295. The molecule has 5 rings (SSSR count). The smallest absolute Gasteiger partial charge is 0.293 e. The summed E-state index contributed by atoms with van der Waals surface area (Å²) in [5, 5.41) is 5.47. The van der Waals surface area contributed by atoms with Crippen molar-refractivity contribution in [2.24, 2.45) is 0 Å². The van der Waals surface area contributed by atoms with Crippen molar-refractivity contribution in [3.63, 3.8) is 0 Å². The van der Waals surface area contributed by atoms with Gasteiger partial charge in [0.15, 0.2) is 5.65 Å². The fourth-order valence-electron chi connectivity index (χ4n) is 3.55. The Balaban J connectivity index is 1.63. The van der Waals surface area contributed by atoms with Gasteiger partial charge in [0.25, 0.3) is 5.91 Å². The van der Waals surface area contributed by atoms with Crippen LogP contribution in [0.4, 0.5) is 0 Å². The normalized spacial score (nSPS) is 18.2. The maximum Gasteiger partial charge on any atom is 0.293 e. The molecule has 0 aromatic carbocycles. The Hall–Kier alpha value is -2.06. The summed E-state index contributed by atoms with van der Waals surface area (Å²) in [4.78, 5) is 25.9. The number of amides is 1. The van der Waals surface area contributed by atoms with Gasteiger partial charge in [-0.1, -0.05) is 0 Å². The number of carbonyl (C=O) groups excluding carboxylic acids is 1. The lowest BCUT2D eigenvalue weighted by atomic mass is 9.97. The summed E-state index contributed by atoms with van der Waals surface area (Å²) in [6.07, 6.45) is 6.30. The standard InChI is InChI=1S/C16H17N5O2S/c22-16(20-5-7-23-8-6-20)13-18-14-12-10-3-1-2-4-11(10)24-15(12)17-9-21(14)19-13/h9H,1-8H2. The van der Waals surface area contributed by atoms with E-state index in [1.165, 1.54) is 23.3 Å². The van der Waals surface area contributed by atoms with Crippen molar-refractivity contribution >= 4 is 33.1 Å². The maximum absolute atomic E-state index is 12.6. The van der Waals surface area contributed by atoms with Crippen molar-refractivity contribution in [1.29, 1.82) is 0 Å². The number of rotatable bonds is 1. The third-order valence-electron chi connectivity index (χ3n) is 4.78. The Labute approximate surface area is 142 Å². The minimum Gasteiger partial charge on any atom is -0.378 e. The third-order valence-corrected chi connectivity index (χ3v) is 5.98. The molecule has 1 fully saturated rings. The predicted octanol–water partition coefficient (Wildman–Crippen LogP) is 1.69. The first-order valence-electron chi connectivity index (χ1n) is 8.34. The molecule has 24 heavy (non-hydrogen) atoms. The second-order valence-corrected chi connectivity index (χ2v) is 7.33. The first-order valence-corrected chi connectivity index (χ1v) is 9.15. The van der Waals surface area contributed by atoms with Crippen molar-refractivity contribution < 1.29 is 9.53 Å². The van der Waals surface area contributed by atoms with E-state index in [9.17, 15) is 4.79 Å². The Kier molecular flexibility index (Phi) is 3.27. The summed E-state index contributed by atoms with van der Waals surface area (Å²) in [5.41, 5.74) is 2.12. The van der Waals surface area contributed by atoms with Crippen LogP contribution in [-0.2, 0) is 17.6 Å². The highest BCUT2D eigenvalue weighted by Crippen LogP contribution is 2.36. The second-order valence-electron chi connectivity index (χ2n) is 6.24. The lowest BCUT2D eigenvalue weighted by Gasteiger charge is -2.25. The summed E-state index contributed by atoms with van der Waals surface area (Å²) in [6.45, 7) is 2.33. The fourth-order valence-corrected chi connectivity index (χ4v) is 4.78. The van der Waals surface area contributed by atoms with E-state index in [1.54, 1.807) is 27.1 Å². The van der Waals surface area contributed by atoms with E-state index in [0.29, 0.717) is 26.3 Å². The molecule has 124 valence electrons. The lowest BCUT2D eigenvalue weighted by Crippen LogP contribution is -2.41. The molecule has 1 aliphatic carbocycles. The SMILES string of the molecule is O=C(c1nc2c3c4c(sc3ncn2n1)CCCC4)N1CCOCC1. The van der Waals surface area contributed by atoms with Gasteiger partial charge in [0.05, 0.1) is 18.6 Å². The number of aryl methyl sites for hydroxylation is 2. The van der Waals surface area contributed by atoms with E-state index in [1.807, 2.05) is 0 Å². The molecule has 1 aliphatic heterocycles. The van der Waals surface area contributed by atoms with Crippen molar-refractivity contribution in [2.45, 2.75) is 25.7 Å². The van der Waals surface area contributed by atoms with Gasteiger partial charge in [-0.2, -0.15) is 0 Å². The van der Waals surface area contributed by atoms with E-state index >= 15 is 0 Å². The van der Waals surface area contributed by atoms with Crippen molar-refractivity contribution in [1.82, 2.24) is 24.5 Å². The molecule has 0 N–H and O–H groups in total. The van der Waals surface area contributed by atoms with Gasteiger partial charge in [0.1, 0.15) is 11.2 Å². The molecule has 0 saturated carbocycles. The van der Waals surface area contributed by atoms with Crippen molar-refractivity contribution in [2.75, 3.05) is 26.3 Å². The molecular weight excluding hydrogens is 326 g/mol. The zero-order chi connectivity index (χ0) is 16.1. The van der Waals surface area contributed by atoms with Gasteiger partial charge in [-0.25, -0.2) is 14.5 Å². The van der Waals surface area contributed by atoms with Crippen LogP contribution >= 0.6 is 11.3 Å². The number of hydrogen-bond acceptors (Lipinski definition) is 6. The van der Waals surface area contributed by atoms with Gasteiger partial charge in [-0.3, -0.25) is 4.79 Å². The average Bonchev–Trinajstić information content (AvgIpc) is 3.22. The molecule has 3 aromatic heterocycles. The maximum atomic E-state index is 12.6. The minimum absolute atomic E-state index is 0.126. The van der Waals surface area contributed by atoms with Crippen molar-refractivity contribution in [3.05, 3.63) is 22.6 Å². The van der Waals surface area contributed by atoms with Crippen LogP contribution < -0.4 is 0 Å². The molecule has 0 unspecified atom stereocenters. The summed E-state index contributed by atoms with van der Waals surface area (Å²) < 4.78 is 6.96. The Morgan fingerprint density at radius 3 is 2.92 bits per heavy atom. The molecule has 0 radical (unpaired) electrons. The Morgan fingerprint density at radius 1 is 1.21 bits per heavy atom. The first-order chi connectivity index (χ1) is 11.8. The molecule has 3 aromatic rings. The quantitative estimate of drug-likeness (QED) is 0.672. The number of morpholine rings is 1. The highest BCUT2D eigenvalue weighted by molar-refractivity contribution is 7.19. The first kappa shape index (κ1) is 14.3. The van der Waals surface area contributed by atoms with Crippen LogP contribution in [0.1, 0.15) is 33.9 Å². The second kappa shape index (κ2) is 5.49. The highest BCUT2D eigenvalue weighted by Gasteiger charge is 2.25. The number of nitrogens with zero attached hydrogens (tertiary/aromatic N) is 5. The van der Waals surface area contributed by atoms with Gasteiger partial charge < -0.3 is 9.64 Å². The number of thiophene rings is 1. The summed E-state index contributed by atoms with van der Waals surface area (Å²) in [6, 6.07) is 0. The molecule has 0 spiro atoms. The monoisotopic (exact) mass is 343 g/mol. The van der Waals surface area contributed by atoms with E-state index < -0.39 is 0 Å². The molecule has 0 atom stereocenters. The van der Waals surface area contributed by atoms with Crippen LogP contribution in [0.5, 0.6) is 0 Å². The molecule has 2 aliphatic rings. The summed E-state index contributed by atoms with van der Waals surface area (Å²) >= 11 is 1.76. The molecule has 1 saturated heterocycles. The highest BCUT2D eigenvalue weighted by atomic mass is 32.1. The van der Waals surface area contributed by atoms with Crippen LogP contribution in [0.2, 0.25) is 0 Å². The number of aromatic nitrogens is 4. The van der Waals surface area contributed by atoms with E-state index in [4.69, 9.17) is 4.74 Å². The minimum atomic E-state index is -0.126. The largest absolute Gasteiger partial charge is 0.378 e.